The smallest absolute Gasteiger partial charge is 0.274 e. The first-order valence-corrected chi connectivity index (χ1v) is 10.8. The van der Waals surface area contributed by atoms with Crippen LogP contribution < -0.4 is 11.2 Å². The molecule has 0 aliphatic rings. The average molecular weight is 428 g/mol. The van der Waals surface area contributed by atoms with Gasteiger partial charge in [0.2, 0.25) is 10.0 Å². The van der Waals surface area contributed by atoms with Crippen LogP contribution in [0.1, 0.15) is 0 Å². The second kappa shape index (κ2) is 7.07. The van der Waals surface area contributed by atoms with Crippen LogP contribution in [0.25, 0.3) is 26.5 Å². The molecule has 1 N–H and O–H groups in total. The fourth-order valence-electron chi connectivity index (χ4n) is 2.79. The first kappa shape index (κ1) is 19.2. The lowest BCUT2D eigenvalue weighted by Crippen LogP contribution is -2.27. The van der Waals surface area contributed by atoms with Crippen molar-refractivity contribution in [3.63, 3.8) is 0 Å². The standard InChI is InChI=1S/C19H16N4O4S2/c1-22(2)29(26,27)14-6-3-12(4-7-14)18-20-15-8-5-13(11-16(15)28-18)23-10-9-17(24)21-19(23)25/h3-11H,1-2H3,(H,21,24,25). The van der Waals surface area contributed by atoms with E-state index >= 15 is 0 Å². The molecule has 0 aliphatic carbocycles. The van der Waals surface area contributed by atoms with Gasteiger partial charge in [-0.05, 0) is 30.3 Å². The third kappa shape index (κ3) is 3.53. The molecule has 0 radical (unpaired) electrons. The zero-order chi connectivity index (χ0) is 20.8. The van der Waals surface area contributed by atoms with Crippen molar-refractivity contribution in [3.05, 3.63) is 75.6 Å². The zero-order valence-electron chi connectivity index (χ0n) is 15.5. The highest BCUT2D eigenvalue weighted by molar-refractivity contribution is 7.89. The van der Waals surface area contributed by atoms with Crippen molar-refractivity contribution in [1.29, 1.82) is 0 Å². The van der Waals surface area contributed by atoms with Gasteiger partial charge in [-0.15, -0.1) is 11.3 Å². The molecule has 8 nitrogen and oxygen atoms in total. The molecule has 2 aromatic carbocycles. The predicted molar refractivity (Wildman–Crippen MR) is 112 cm³/mol. The Kier molecular flexibility index (Phi) is 4.69. The van der Waals surface area contributed by atoms with Gasteiger partial charge >= 0.3 is 5.69 Å². The molecule has 0 fully saturated rings. The number of nitrogens with zero attached hydrogens (tertiary/aromatic N) is 3. The number of nitrogens with one attached hydrogen (secondary N) is 1. The predicted octanol–water partition coefficient (Wildman–Crippen LogP) is 2.05. The number of thiazole rings is 1. The lowest BCUT2D eigenvalue weighted by atomic mass is 10.2. The molecule has 4 rings (SSSR count). The molecule has 2 aromatic heterocycles. The van der Waals surface area contributed by atoms with Crippen molar-refractivity contribution < 1.29 is 8.42 Å². The molecule has 0 bridgehead atoms. The van der Waals surface area contributed by atoms with Crippen LogP contribution in [0.2, 0.25) is 0 Å². The molecular formula is C19H16N4O4S2. The normalized spacial score (nSPS) is 12.0. The van der Waals surface area contributed by atoms with Gasteiger partial charge in [-0.2, -0.15) is 0 Å². The van der Waals surface area contributed by atoms with Gasteiger partial charge in [0.25, 0.3) is 5.56 Å². The average Bonchev–Trinajstić information content (AvgIpc) is 3.11. The Balaban J connectivity index is 1.73. The monoisotopic (exact) mass is 428 g/mol. The number of sulfonamides is 1. The summed E-state index contributed by atoms with van der Waals surface area (Å²) in [5, 5.41) is 0.736. The third-order valence-electron chi connectivity index (χ3n) is 4.35. The van der Waals surface area contributed by atoms with Crippen molar-refractivity contribution >= 4 is 31.6 Å². The Bertz CT molecular complexity index is 1430. The van der Waals surface area contributed by atoms with E-state index in [1.807, 2.05) is 6.07 Å². The van der Waals surface area contributed by atoms with Crippen molar-refractivity contribution in [3.8, 4) is 16.3 Å². The number of H-pyrrole nitrogens is 1. The molecule has 0 amide bonds. The summed E-state index contributed by atoms with van der Waals surface area (Å²) in [5.74, 6) is 0. The molecule has 0 saturated carbocycles. The molecule has 148 valence electrons. The van der Waals surface area contributed by atoms with Crippen molar-refractivity contribution in [1.82, 2.24) is 18.8 Å². The van der Waals surface area contributed by atoms with E-state index in [1.54, 1.807) is 36.4 Å². The van der Waals surface area contributed by atoms with E-state index < -0.39 is 21.3 Å². The van der Waals surface area contributed by atoms with E-state index in [1.165, 1.54) is 46.6 Å². The number of fused-ring (bicyclic) bond motifs is 1. The Hall–Kier alpha value is -3.08. The highest BCUT2D eigenvalue weighted by Crippen LogP contribution is 2.32. The van der Waals surface area contributed by atoms with Gasteiger partial charge in [0, 0.05) is 31.9 Å². The Morgan fingerprint density at radius 3 is 2.41 bits per heavy atom. The first-order valence-electron chi connectivity index (χ1n) is 8.51. The maximum absolute atomic E-state index is 12.2. The highest BCUT2D eigenvalue weighted by atomic mass is 32.2. The van der Waals surface area contributed by atoms with Crippen LogP contribution in [-0.4, -0.2) is 41.4 Å². The molecule has 10 heteroatoms. The second-order valence-corrected chi connectivity index (χ2v) is 9.65. The van der Waals surface area contributed by atoms with Gasteiger partial charge in [0.1, 0.15) is 5.01 Å². The second-order valence-electron chi connectivity index (χ2n) is 6.46. The quantitative estimate of drug-likeness (QED) is 0.536. The van der Waals surface area contributed by atoms with E-state index in [0.717, 1.165) is 20.8 Å². The molecular weight excluding hydrogens is 412 g/mol. The fourth-order valence-corrected chi connectivity index (χ4v) is 4.69. The summed E-state index contributed by atoms with van der Waals surface area (Å²) >= 11 is 1.43. The van der Waals surface area contributed by atoms with Gasteiger partial charge in [0.15, 0.2) is 0 Å². The van der Waals surface area contributed by atoms with E-state index in [4.69, 9.17) is 0 Å². The maximum Gasteiger partial charge on any atom is 0.332 e. The van der Waals surface area contributed by atoms with Crippen molar-refractivity contribution in [2.24, 2.45) is 0 Å². The number of rotatable bonds is 4. The number of hydrogen-bond acceptors (Lipinski definition) is 6. The van der Waals surface area contributed by atoms with Crippen LogP contribution in [0.15, 0.2) is 69.2 Å². The minimum absolute atomic E-state index is 0.215. The van der Waals surface area contributed by atoms with E-state index in [9.17, 15) is 18.0 Å². The number of benzene rings is 2. The molecule has 0 saturated heterocycles. The molecule has 0 unspecified atom stereocenters. The van der Waals surface area contributed by atoms with Crippen LogP contribution >= 0.6 is 11.3 Å². The zero-order valence-corrected chi connectivity index (χ0v) is 17.1. The van der Waals surface area contributed by atoms with Crippen LogP contribution in [0.5, 0.6) is 0 Å². The van der Waals surface area contributed by atoms with Gasteiger partial charge in [-0.25, -0.2) is 22.5 Å². The summed E-state index contributed by atoms with van der Waals surface area (Å²) in [7, 11) is -0.509. The molecule has 4 aromatic rings. The topological polar surface area (TPSA) is 105 Å². The lowest BCUT2D eigenvalue weighted by molar-refractivity contribution is 0.521. The fraction of sp³-hybridized carbons (Fsp3) is 0.105. The SMILES string of the molecule is CN(C)S(=O)(=O)c1ccc(-c2nc3ccc(-n4ccc(=O)[nH]c4=O)cc3s2)cc1. The van der Waals surface area contributed by atoms with Crippen molar-refractivity contribution in [2.75, 3.05) is 14.1 Å². The van der Waals surface area contributed by atoms with Gasteiger partial charge in [-0.1, -0.05) is 12.1 Å². The Labute approximate surface area is 169 Å². The first-order chi connectivity index (χ1) is 13.8. The summed E-state index contributed by atoms with van der Waals surface area (Å²) in [4.78, 5) is 30.3. The molecule has 0 atom stereocenters. The summed E-state index contributed by atoms with van der Waals surface area (Å²) < 4.78 is 27.8. The van der Waals surface area contributed by atoms with Crippen LogP contribution in [0, 0.1) is 0 Å². The molecule has 2 heterocycles. The molecule has 0 aliphatic heterocycles. The van der Waals surface area contributed by atoms with Gasteiger partial charge in [-0.3, -0.25) is 14.3 Å². The highest BCUT2D eigenvalue weighted by Gasteiger charge is 2.17. The molecule has 0 spiro atoms. The largest absolute Gasteiger partial charge is 0.332 e. The number of aromatic nitrogens is 3. The minimum atomic E-state index is -3.49. The maximum atomic E-state index is 12.2. The summed E-state index contributed by atoms with van der Waals surface area (Å²) in [5.41, 5.74) is 1.20. The number of aromatic amines is 1. The van der Waals surface area contributed by atoms with Crippen LogP contribution in [0.4, 0.5) is 0 Å². The van der Waals surface area contributed by atoms with E-state index in [0.29, 0.717) is 5.69 Å². The van der Waals surface area contributed by atoms with Gasteiger partial charge in [0.05, 0.1) is 20.8 Å². The van der Waals surface area contributed by atoms with Crippen LogP contribution in [0.3, 0.4) is 0 Å². The third-order valence-corrected chi connectivity index (χ3v) is 7.25. The number of hydrogen-bond donors (Lipinski definition) is 1. The van der Waals surface area contributed by atoms with Crippen LogP contribution in [-0.2, 0) is 10.0 Å². The Morgan fingerprint density at radius 1 is 1.03 bits per heavy atom. The van der Waals surface area contributed by atoms with Gasteiger partial charge < -0.3 is 0 Å². The Morgan fingerprint density at radius 2 is 1.76 bits per heavy atom. The summed E-state index contributed by atoms with van der Waals surface area (Å²) in [6.45, 7) is 0. The summed E-state index contributed by atoms with van der Waals surface area (Å²) in [6, 6.07) is 13.2. The lowest BCUT2D eigenvalue weighted by Gasteiger charge is -2.11. The van der Waals surface area contributed by atoms with E-state index in [-0.39, 0.29) is 4.90 Å². The summed E-state index contributed by atoms with van der Waals surface area (Å²) in [6.07, 6.45) is 1.42. The molecule has 29 heavy (non-hydrogen) atoms. The van der Waals surface area contributed by atoms with Crippen molar-refractivity contribution in [2.45, 2.75) is 4.90 Å². The van der Waals surface area contributed by atoms with E-state index in [2.05, 4.69) is 9.97 Å². The minimum Gasteiger partial charge on any atom is -0.274 e.